The normalized spacial score (nSPS) is 10.4. The van der Waals surface area contributed by atoms with Crippen molar-refractivity contribution in [2.24, 2.45) is 5.73 Å². The molecule has 0 radical (unpaired) electrons. The van der Waals surface area contributed by atoms with E-state index in [1.54, 1.807) is 0 Å². The van der Waals surface area contributed by atoms with Crippen molar-refractivity contribution in [1.29, 1.82) is 0 Å². The van der Waals surface area contributed by atoms with Crippen LogP contribution in [0, 0.1) is 11.6 Å². The van der Waals surface area contributed by atoms with Gasteiger partial charge in [0.15, 0.2) is 0 Å². The van der Waals surface area contributed by atoms with Crippen LogP contribution in [0.4, 0.5) is 8.78 Å². The van der Waals surface area contributed by atoms with Crippen LogP contribution in [0.3, 0.4) is 0 Å². The Hall–Kier alpha value is -1.49. The van der Waals surface area contributed by atoms with Crippen molar-refractivity contribution >= 4 is 5.91 Å². The summed E-state index contributed by atoms with van der Waals surface area (Å²) < 4.78 is 26.4. The summed E-state index contributed by atoms with van der Waals surface area (Å²) in [6.07, 6.45) is 0.739. The Labute approximate surface area is 99.2 Å². The van der Waals surface area contributed by atoms with E-state index in [1.165, 1.54) is 4.90 Å². The highest BCUT2D eigenvalue weighted by Gasteiger charge is 2.18. The average molecular weight is 242 g/mol. The lowest BCUT2D eigenvalue weighted by atomic mass is 10.1. The number of amides is 1. The van der Waals surface area contributed by atoms with Gasteiger partial charge in [0.2, 0.25) is 0 Å². The van der Waals surface area contributed by atoms with Gasteiger partial charge in [0.1, 0.15) is 11.6 Å². The van der Waals surface area contributed by atoms with Gasteiger partial charge in [-0.3, -0.25) is 4.79 Å². The largest absolute Gasteiger partial charge is 0.337 e. The maximum absolute atomic E-state index is 13.4. The molecule has 0 saturated carbocycles. The number of nitrogens with two attached hydrogens (primary N) is 1. The summed E-state index contributed by atoms with van der Waals surface area (Å²) in [6.45, 7) is 3.01. The first-order valence-corrected chi connectivity index (χ1v) is 5.54. The number of halogens is 2. The first-order chi connectivity index (χ1) is 8.10. The third kappa shape index (κ3) is 3.49. The number of carbonyl (C=O) groups excluding carboxylic acids is 1. The summed E-state index contributed by atoms with van der Waals surface area (Å²) in [5.41, 5.74) is 5.14. The second-order valence-corrected chi connectivity index (χ2v) is 3.71. The van der Waals surface area contributed by atoms with Gasteiger partial charge < -0.3 is 10.6 Å². The van der Waals surface area contributed by atoms with Gasteiger partial charge >= 0.3 is 0 Å². The van der Waals surface area contributed by atoms with Crippen LogP contribution in [0.1, 0.15) is 23.7 Å². The highest BCUT2D eigenvalue weighted by molar-refractivity contribution is 5.94. The number of benzene rings is 1. The Morgan fingerprint density at radius 1 is 1.35 bits per heavy atom. The summed E-state index contributed by atoms with van der Waals surface area (Å²) in [7, 11) is 0. The quantitative estimate of drug-likeness (QED) is 0.855. The van der Waals surface area contributed by atoms with Crippen molar-refractivity contribution in [2.45, 2.75) is 13.3 Å². The molecule has 0 spiro atoms. The molecule has 0 saturated heterocycles. The number of hydrogen-bond donors (Lipinski definition) is 1. The van der Waals surface area contributed by atoms with Gasteiger partial charge in [-0.05, 0) is 24.6 Å². The van der Waals surface area contributed by atoms with Gasteiger partial charge in [-0.1, -0.05) is 6.92 Å². The molecule has 0 aliphatic heterocycles. The van der Waals surface area contributed by atoms with Gasteiger partial charge in [-0.2, -0.15) is 0 Å². The number of carbonyl (C=O) groups is 1. The molecule has 1 rings (SSSR count). The molecular formula is C12H16F2N2O. The van der Waals surface area contributed by atoms with Crippen LogP contribution in [-0.2, 0) is 0 Å². The highest BCUT2D eigenvalue weighted by atomic mass is 19.1. The Balaban J connectivity index is 2.95. The van der Waals surface area contributed by atoms with Crippen LogP contribution >= 0.6 is 0 Å². The molecule has 3 nitrogen and oxygen atoms in total. The number of rotatable bonds is 5. The molecule has 17 heavy (non-hydrogen) atoms. The molecule has 0 aliphatic rings. The molecule has 1 amide bonds. The smallest absolute Gasteiger partial charge is 0.256 e. The third-order valence-corrected chi connectivity index (χ3v) is 2.34. The van der Waals surface area contributed by atoms with Crippen molar-refractivity contribution in [2.75, 3.05) is 19.6 Å². The summed E-state index contributed by atoms with van der Waals surface area (Å²) >= 11 is 0. The first-order valence-electron chi connectivity index (χ1n) is 5.54. The van der Waals surface area contributed by atoms with Crippen LogP contribution in [-0.4, -0.2) is 30.4 Å². The van der Waals surface area contributed by atoms with Crippen LogP contribution < -0.4 is 5.73 Å². The molecule has 1 aromatic rings. The summed E-state index contributed by atoms with van der Waals surface area (Å²) in [6, 6.07) is 2.85. The number of nitrogens with zero attached hydrogens (tertiary/aromatic N) is 1. The average Bonchev–Trinajstić information content (AvgIpc) is 2.31. The zero-order valence-electron chi connectivity index (χ0n) is 9.75. The Morgan fingerprint density at radius 3 is 2.65 bits per heavy atom. The number of hydrogen-bond acceptors (Lipinski definition) is 2. The van der Waals surface area contributed by atoms with Crippen molar-refractivity contribution in [3.05, 3.63) is 35.4 Å². The Bertz CT molecular complexity index is 390. The summed E-state index contributed by atoms with van der Waals surface area (Å²) in [4.78, 5) is 13.4. The van der Waals surface area contributed by atoms with E-state index in [1.807, 2.05) is 6.92 Å². The Morgan fingerprint density at radius 2 is 2.06 bits per heavy atom. The lowest BCUT2D eigenvalue weighted by Crippen LogP contribution is -2.36. The summed E-state index contributed by atoms with van der Waals surface area (Å²) in [5, 5.41) is 0. The zero-order chi connectivity index (χ0) is 12.8. The van der Waals surface area contributed by atoms with E-state index in [9.17, 15) is 13.6 Å². The predicted molar refractivity (Wildman–Crippen MR) is 61.6 cm³/mol. The maximum atomic E-state index is 13.4. The molecule has 0 aliphatic carbocycles. The van der Waals surface area contributed by atoms with E-state index in [4.69, 9.17) is 5.73 Å². The molecule has 0 unspecified atom stereocenters. The predicted octanol–water partition coefficient (Wildman–Crippen LogP) is 1.78. The fourth-order valence-corrected chi connectivity index (χ4v) is 1.57. The molecule has 5 heteroatoms. The Kier molecular flexibility index (Phi) is 5.03. The van der Waals surface area contributed by atoms with E-state index in [0.29, 0.717) is 19.6 Å². The van der Waals surface area contributed by atoms with E-state index in [0.717, 1.165) is 24.6 Å². The van der Waals surface area contributed by atoms with Crippen molar-refractivity contribution < 1.29 is 13.6 Å². The lowest BCUT2D eigenvalue weighted by molar-refractivity contribution is 0.0755. The minimum absolute atomic E-state index is 0.244. The first kappa shape index (κ1) is 13.6. The molecule has 0 aromatic heterocycles. The molecular weight excluding hydrogens is 226 g/mol. The topological polar surface area (TPSA) is 46.3 Å². The van der Waals surface area contributed by atoms with E-state index < -0.39 is 17.5 Å². The minimum Gasteiger partial charge on any atom is -0.337 e. The molecule has 0 heterocycles. The third-order valence-electron chi connectivity index (χ3n) is 2.34. The molecule has 0 fully saturated rings. The van der Waals surface area contributed by atoms with Crippen molar-refractivity contribution in [3.63, 3.8) is 0 Å². The molecule has 0 atom stereocenters. The van der Waals surface area contributed by atoms with Gasteiger partial charge in [0.25, 0.3) is 5.91 Å². The van der Waals surface area contributed by atoms with Gasteiger partial charge in [0, 0.05) is 19.6 Å². The van der Waals surface area contributed by atoms with Crippen molar-refractivity contribution in [1.82, 2.24) is 4.90 Å². The zero-order valence-corrected chi connectivity index (χ0v) is 9.75. The standard InChI is InChI=1S/C12H16F2N2O/c1-2-6-16(7-5-15)12(17)10-8-9(13)3-4-11(10)14/h3-4,8H,2,5-7,15H2,1H3. The van der Waals surface area contributed by atoms with Crippen molar-refractivity contribution in [3.8, 4) is 0 Å². The molecule has 2 N–H and O–H groups in total. The monoisotopic (exact) mass is 242 g/mol. The van der Waals surface area contributed by atoms with Crippen LogP contribution in [0.25, 0.3) is 0 Å². The van der Waals surface area contributed by atoms with E-state index in [-0.39, 0.29) is 5.56 Å². The maximum Gasteiger partial charge on any atom is 0.256 e. The van der Waals surface area contributed by atoms with Crippen LogP contribution in [0.2, 0.25) is 0 Å². The molecule has 94 valence electrons. The SMILES string of the molecule is CCCN(CCN)C(=O)c1cc(F)ccc1F. The van der Waals surface area contributed by atoms with E-state index >= 15 is 0 Å². The van der Waals surface area contributed by atoms with Gasteiger partial charge in [0.05, 0.1) is 5.56 Å². The second-order valence-electron chi connectivity index (χ2n) is 3.71. The molecule has 0 bridgehead atoms. The van der Waals surface area contributed by atoms with Gasteiger partial charge in [-0.25, -0.2) is 8.78 Å². The van der Waals surface area contributed by atoms with Crippen LogP contribution in [0.5, 0.6) is 0 Å². The van der Waals surface area contributed by atoms with Crippen LogP contribution in [0.15, 0.2) is 18.2 Å². The lowest BCUT2D eigenvalue weighted by Gasteiger charge is -2.21. The molecule has 1 aromatic carbocycles. The second kappa shape index (κ2) is 6.30. The van der Waals surface area contributed by atoms with Gasteiger partial charge in [-0.15, -0.1) is 0 Å². The minimum atomic E-state index is -0.713. The highest BCUT2D eigenvalue weighted by Crippen LogP contribution is 2.12. The van der Waals surface area contributed by atoms with E-state index in [2.05, 4.69) is 0 Å². The fraction of sp³-hybridized carbons (Fsp3) is 0.417. The fourth-order valence-electron chi connectivity index (χ4n) is 1.57. The summed E-state index contributed by atoms with van der Waals surface area (Å²) in [5.74, 6) is -1.86.